The number of hydrogen-bond acceptors (Lipinski definition) is 4. The molecule has 0 atom stereocenters. The third kappa shape index (κ3) is 2.07. The number of nitrogens with zero attached hydrogens (tertiary/aromatic N) is 2. The molecular formula is C10H14N4S. The number of nitrogens with one attached hydrogen (secondary N) is 2. The number of hydrogen-bond donors (Lipinski definition) is 2. The van der Waals surface area contributed by atoms with Crippen LogP contribution in [0.1, 0.15) is 18.4 Å². The standard InChI is InChI=1S/C10H14N4S/c1-4-15-14-8-5-6(2)11-10-9(8)12-7(3)13-10/h5H,4H2,1-3H3,(H2,11,12,13,14). The molecule has 0 aliphatic rings. The van der Waals surface area contributed by atoms with E-state index in [2.05, 4.69) is 26.6 Å². The van der Waals surface area contributed by atoms with Gasteiger partial charge in [-0.05, 0) is 19.9 Å². The predicted molar refractivity (Wildman–Crippen MR) is 65.1 cm³/mol. The maximum atomic E-state index is 4.37. The molecule has 2 aromatic rings. The predicted octanol–water partition coefficient (Wildman–Crippen LogP) is 2.65. The molecule has 0 unspecified atom stereocenters. The van der Waals surface area contributed by atoms with Gasteiger partial charge in [-0.2, -0.15) is 0 Å². The van der Waals surface area contributed by atoms with Crippen LogP contribution in [0.25, 0.3) is 11.2 Å². The minimum absolute atomic E-state index is 0.784. The van der Waals surface area contributed by atoms with Crippen molar-refractivity contribution in [1.82, 2.24) is 15.0 Å². The fraction of sp³-hybridized carbons (Fsp3) is 0.400. The third-order valence-electron chi connectivity index (χ3n) is 2.03. The van der Waals surface area contributed by atoms with Gasteiger partial charge >= 0.3 is 0 Å². The Balaban J connectivity index is 2.50. The van der Waals surface area contributed by atoms with E-state index in [4.69, 9.17) is 0 Å². The number of aromatic amines is 1. The van der Waals surface area contributed by atoms with E-state index in [1.807, 2.05) is 19.9 Å². The first kappa shape index (κ1) is 10.3. The third-order valence-corrected chi connectivity index (χ3v) is 2.69. The summed E-state index contributed by atoms with van der Waals surface area (Å²) >= 11 is 1.67. The lowest BCUT2D eigenvalue weighted by Crippen LogP contribution is -1.92. The van der Waals surface area contributed by atoms with Gasteiger partial charge in [0.15, 0.2) is 5.65 Å². The van der Waals surface area contributed by atoms with Gasteiger partial charge in [0.25, 0.3) is 0 Å². The van der Waals surface area contributed by atoms with Crippen LogP contribution in [0.3, 0.4) is 0 Å². The van der Waals surface area contributed by atoms with E-state index in [-0.39, 0.29) is 0 Å². The van der Waals surface area contributed by atoms with Crippen molar-refractivity contribution in [1.29, 1.82) is 0 Å². The van der Waals surface area contributed by atoms with Crippen molar-refractivity contribution in [2.75, 3.05) is 10.5 Å². The first-order valence-electron chi connectivity index (χ1n) is 4.92. The number of aryl methyl sites for hydroxylation is 2. The molecule has 0 saturated heterocycles. The number of rotatable bonds is 3. The Morgan fingerprint density at radius 2 is 2.20 bits per heavy atom. The zero-order chi connectivity index (χ0) is 10.8. The minimum Gasteiger partial charge on any atom is -0.339 e. The maximum absolute atomic E-state index is 4.37. The smallest absolute Gasteiger partial charge is 0.180 e. The quantitative estimate of drug-likeness (QED) is 0.784. The van der Waals surface area contributed by atoms with Crippen LogP contribution in [0.4, 0.5) is 5.69 Å². The minimum atomic E-state index is 0.784. The molecule has 0 fully saturated rings. The summed E-state index contributed by atoms with van der Waals surface area (Å²) in [5.74, 6) is 1.92. The van der Waals surface area contributed by atoms with E-state index in [1.54, 1.807) is 11.9 Å². The Kier molecular flexibility index (Phi) is 2.81. The van der Waals surface area contributed by atoms with Gasteiger partial charge in [0.05, 0.1) is 5.69 Å². The van der Waals surface area contributed by atoms with Crippen molar-refractivity contribution < 1.29 is 0 Å². The zero-order valence-electron chi connectivity index (χ0n) is 9.09. The summed E-state index contributed by atoms with van der Waals surface area (Å²) in [6, 6.07) is 2.03. The highest BCUT2D eigenvalue weighted by molar-refractivity contribution is 8.00. The Bertz CT molecular complexity index is 477. The van der Waals surface area contributed by atoms with Crippen LogP contribution in [0.5, 0.6) is 0 Å². The highest BCUT2D eigenvalue weighted by Crippen LogP contribution is 2.23. The van der Waals surface area contributed by atoms with Gasteiger partial charge in [-0.15, -0.1) is 0 Å². The fourth-order valence-corrected chi connectivity index (χ4v) is 1.92. The molecule has 5 heteroatoms. The Labute approximate surface area is 93.0 Å². The van der Waals surface area contributed by atoms with E-state index < -0.39 is 0 Å². The summed E-state index contributed by atoms with van der Waals surface area (Å²) in [6.07, 6.45) is 0. The van der Waals surface area contributed by atoms with Crippen molar-refractivity contribution in [3.05, 3.63) is 17.6 Å². The number of anilines is 1. The molecule has 0 saturated carbocycles. The second-order valence-corrected chi connectivity index (χ2v) is 4.44. The molecule has 0 aliphatic heterocycles. The van der Waals surface area contributed by atoms with Gasteiger partial charge in [0.2, 0.25) is 0 Å². The van der Waals surface area contributed by atoms with Crippen molar-refractivity contribution in [2.45, 2.75) is 20.8 Å². The Hall–Kier alpha value is -1.23. The summed E-state index contributed by atoms with van der Waals surface area (Å²) in [5, 5.41) is 0. The SMILES string of the molecule is CCSNc1cc(C)nc2nc(C)[nH]c12. The number of imidazole rings is 1. The van der Waals surface area contributed by atoms with Gasteiger partial charge in [0, 0.05) is 11.4 Å². The van der Waals surface area contributed by atoms with Gasteiger partial charge in [-0.3, -0.25) is 0 Å². The van der Waals surface area contributed by atoms with Crippen molar-refractivity contribution in [2.24, 2.45) is 0 Å². The highest BCUT2D eigenvalue weighted by atomic mass is 32.2. The monoisotopic (exact) mass is 222 g/mol. The van der Waals surface area contributed by atoms with Crippen LogP contribution >= 0.6 is 11.9 Å². The first-order chi connectivity index (χ1) is 7.20. The molecule has 0 spiro atoms. The Morgan fingerprint density at radius 1 is 1.40 bits per heavy atom. The molecular weight excluding hydrogens is 208 g/mol. The number of H-pyrrole nitrogens is 1. The second-order valence-electron chi connectivity index (χ2n) is 3.37. The van der Waals surface area contributed by atoms with Gasteiger partial charge in [-0.25, -0.2) is 9.97 Å². The van der Waals surface area contributed by atoms with Crippen LogP contribution in [-0.4, -0.2) is 20.7 Å². The first-order valence-corrected chi connectivity index (χ1v) is 5.91. The lowest BCUT2D eigenvalue weighted by Gasteiger charge is -2.05. The molecule has 0 aliphatic carbocycles. The lowest BCUT2D eigenvalue weighted by molar-refractivity contribution is 1.15. The van der Waals surface area contributed by atoms with E-state index >= 15 is 0 Å². The van der Waals surface area contributed by atoms with Crippen LogP contribution < -0.4 is 4.72 Å². The Morgan fingerprint density at radius 3 is 2.93 bits per heavy atom. The number of fused-ring (bicyclic) bond motifs is 1. The number of aromatic nitrogens is 3. The van der Waals surface area contributed by atoms with Crippen LogP contribution in [0.2, 0.25) is 0 Å². The highest BCUT2D eigenvalue weighted by Gasteiger charge is 2.07. The van der Waals surface area contributed by atoms with Crippen LogP contribution in [0, 0.1) is 13.8 Å². The van der Waals surface area contributed by atoms with Gasteiger partial charge < -0.3 is 9.71 Å². The number of pyridine rings is 1. The van der Waals surface area contributed by atoms with E-state index in [0.29, 0.717) is 0 Å². The molecule has 0 aromatic carbocycles. The molecule has 4 nitrogen and oxygen atoms in total. The van der Waals surface area contributed by atoms with E-state index in [1.165, 1.54) is 0 Å². The summed E-state index contributed by atoms with van der Waals surface area (Å²) in [7, 11) is 0. The summed E-state index contributed by atoms with van der Waals surface area (Å²) < 4.78 is 3.30. The normalized spacial score (nSPS) is 10.9. The van der Waals surface area contributed by atoms with Gasteiger partial charge in [-0.1, -0.05) is 18.9 Å². The van der Waals surface area contributed by atoms with Crippen molar-refractivity contribution in [3.8, 4) is 0 Å². The zero-order valence-corrected chi connectivity index (χ0v) is 9.90. The molecule has 0 amide bonds. The van der Waals surface area contributed by atoms with Crippen molar-refractivity contribution in [3.63, 3.8) is 0 Å². The molecule has 2 heterocycles. The van der Waals surface area contributed by atoms with Crippen LogP contribution in [0.15, 0.2) is 6.07 Å². The van der Waals surface area contributed by atoms with Gasteiger partial charge in [0.1, 0.15) is 11.3 Å². The topological polar surface area (TPSA) is 53.6 Å². The van der Waals surface area contributed by atoms with E-state index in [9.17, 15) is 0 Å². The fourth-order valence-electron chi connectivity index (χ4n) is 1.46. The summed E-state index contributed by atoms with van der Waals surface area (Å²) in [4.78, 5) is 11.9. The molecule has 0 bridgehead atoms. The molecule has 2 N–H and O–H groups in total. The second kappa shape index (κ2) is 4.10. The molecule has 0 radical (unpaired) electrons. The molecule has 15 heavy (non-hydrogen) atoms. The lowest BCUT2D eigenvalue weighted by atomic mass is 10.3. The van der Waals surface area contributed by atoms with E-state index in [0.717, 1.165) is 34.1 Å². The van der Waals surface area contributed by atoms with Crippen molar-refractivity contribution >= 4 is 28.8 Å². The molecule has 2 aromatic heterocycles. The molecule has 2 rings (SSSR count). The molecule has 80 valence electrons. The van der Waals surface area contributed by atoms with Crippen LogP contribution in [-0.2, 0) is 0 Å². The summed E-state index contributed by atoms with van der Waals surface area (Å²) in [5.41, 5.74) is 3.81. The summed E-state index contributed by atoms with van der Waals surface area (Å²) in [6.45, 7) is 6.03. The average Bonchev–Trinajstić information content (AvgIpc) is 2.54. The largest absolute Gasteiger partial charge is 0.339 e. The maximum Gasteiger partial charge on any atom is 0.180 e. The average molecular weight is 222 g/mol.